The Kier molecular flexibility index (Phi) is 4.08. The van der Waals surface area contributed by atoms with E-state index in [-0.39, 0.29) is 23.1 Å². The zero-order valence-corrected chi connectivity index (χ0v) is 11.0. The van der Waals surface area contributed by atoms with Gasteiger partial charge in [0.1, 0.15) is 5.82 Å². The van der Waals surface area contributed by atoms with Crippen LogP contribution in [0, 0.1) is 12.7 Å². The molecule has 0 atom stereocenters. The van der Waals surface area contributed by atoms with Gasteiger partial charge in [0.2, 0.25) is 5.82 Å². The molecule has 0 saturated carbocycles. The topological polar surface area (TPSA) is 29.0 Å². The minimum absolute atomic E-state index is 0.117. The number of nitrogens with zero attached hydrogens (tertiary/aromatic N) is 3. The lowest BCUT2D eigenvalue weighted by Gasteiger charge is -2.32. The summed E-state index contributed by atoms with van der Waals surface area (Å²) >= 11 is 5.72. The van der Waals surface area contributed by atoms with Crippen molar-refractivity contribution in [3.63, 3.8) is 0 Å². The Morgan fingerprint density at radius 1 is 1.12 bits per heavy atom. The summed E-state index contributed by atoms with van der Waals surface area (Å²) in [6.45, 7) is 9.67. The van der Waals surface area contributed by atoms with E-state index < -0.39 is 5.82 Å². The first-order chi connectivity index (χ1) is 7.34. The number of hydrogen-bond acceptors (Lipinski definition) is 3. The molecule has 1 heterocycles. The van der Waals surface area contributed by atoms with Crippen LogP contribution in [0.1, 0.15) is 33.5 Å². The summed E-state index contributed by atoms with van der Waals surface area (Å²) in [5, 5.41) is -0.117. The normalized spacial score (nSPS) is 11.3. The average Bonchev–Trinajstić information content (AvgIpc) is 2.12. The van der Waals surface area contributed by atoms with Gasteiger partial charge in [0.25, 0.3) is 0 Å². The zero-order chi connectivity index (χ0) is 12.5. The zero-order valence-electron chi connectivity index (χ0n) is 10.3. The minimum atomic E-state index is -0.547. The molecule has 0 aliphatic heterocycles. The lowest BCUT2D eigenvalue weighted by Crippen LogP contribution is -2.38. The van der Waals surface area contributed by atoms with E-state index in [1.165, 1.54) is 0 Å². The third-order valence-electron chi connectivity index (χ3n) is 2.26. The van der Waals surface area contributed by atoms with Gasteiger partial charge in [-0.1, -0.05) is 11.6 Å². The summed E-state index contributed by atoms with van der Waals surface area (Å²) in [6.07, 6.45) is 0. The Labute approximate surface area is 101 Å². The van der Waals surface area contributed by atoms with Crippen LogP contribution < -0.4 is 4.90 Å². The molecular formula is C11H17ClFN3. The Balaban J connectivity index is 3.29. The highest BCUT2D eigenvalue weighted by Gasteiger charge is 2.22. The van der Waals surface area contributed by atoms with E-state index in [9.17, 15) is 4.39 Å². The molecule has 16 heavy (non-hydrogen) atoms. The molecule has 1 aromatic heterocycles. The van der Waals surface area contributed by atoms with Gasteiger partial charge in [-0.15, -0.1) is 0 Å². The van der Waals surface area contributed by atoms with E-state index in [1.807, 2.05) is 32.6 Å². The Morgan fingerprint density at radius 2 is 1.62 bits per heavy atom. The Bertz CT molecular complexity index is 372. The van der Waals surface area contributed by atoms with Crippen LogP contribution in [-0.2, 0) is 0 Å². The maximum absolute atomic E-state index is 13.9. The summed E-state index contributed by atoms with van der Waals surface area (Å²) in [6, 6.07) is 0.305. The van der Waals surface area contributed by atoms with Gasteiger partial charge >= 0.3 is 0 Å². The summed E-state index contributed by atoms with van der Waals surface area (Å²) in [7, 11) is 0. The van der Waals surface area contributed by atoms with Crippen molar-refractivity contribution in [3.05, 3.63) is 16.8 Å². The van der Waals surface area contributed by atoms with Crippen LogP contribution in [0.3, 0.4) is 0 Å². The molecule has 0 aliphatic rings. The maximum atomic E-state index is 13.9. The Hall–Kier alpha value is -0.900. The number of rotatable bonds is 3. The molecule has 0 amide bonds. The molecule has 1 aromatic rings. The SMILES string of the molecule is Cc1nc(Cl)c(F)c(N(C(C)C)C(C)C)n1. The second kappa shape index (κ2) is 4.95. The molecule has 0 bridgehead atoms. The molecule has 0 N–H and O–H groups in total. The third kappa shape index (κ3) is 2.61. The van der Waals surface area contributed by atoms with E-state index in [2.05, 4.69) is 9.97 Å². The molecule has 5 heteroatoms. The van der Waals surface area contributed by atoms with Gasteiger partial charge in [0.05, 0.1) is 0 Å². The van der Waals surface area contributed by atoms with Crippen LogP contribution in [-0.4, -0.2) is 22.1 Å². The predicted octanol–water partition coefficient (Wildman–Crippen LogP) is 3.20. The van der Waals surface area contributed by atoms with Crippen LogP contribution in [0.15, 0.2) is 0 Å². The molecule has 0 aliphatic carbocycles. The van der Waals surface area contributed by atoms with E-state index >= 15 is 0 Å². The molecule has 0 saturated heterocycles. The van der Waals surface area contributed by atoms with Gasteiger partial charge < -0.3 is 4.90 Å². The highest BCUT2D eigenvalue weighted by molar-refractivity contribution is 6.29. The summed E-state index contributed by atoms with van der Waals surface area (Å²) < 4.78 is 13.9. The molecule has 0 unspecified atom stereocenters. The molecule has 1 rings (SSSR count). The van der Waals surface area contributed by atoms with Crippen LogP contribution in [0.5, 0.6) is 0 Å². The van der Waals surface area contributed by atoms with Gasteiger partial charge in [-0.3, -0.25) is 0 Å². The van der Waals surface area contributed by atoms with Crippen molar-refractivity contribution in [1.82, 2.24) is 9.97 Å². The Morgan fingerprint density at radius 3 is 2.06 bits per heavy atom. The van der Waals surface area contributed by atoms with E-state index in [0.717, 1.165) is 0 Å². The number of aryl methyl sites for hydroxylation is 1. The molecule has 0 spiro atoms. The van der Waals surface area contributed by atoms with Crippen molar-refractivity contribution in [2.24, 2.45) is 0 Å². The van der Waals surface area contributed by atoms with Crippen molar-refractivity contribution in [2.45, 2.75) is 46.7 Å². The van der Waals surface area contributed by atoms with Crippen LogP contribution in [0.4, 0.5) is 10.2 Å². The number of halogens is 2. The molecule has 90 valence electrons. The standard InChI is InChI=1S/C11H17ClFN3/c1-6(2)16(7(3)4)11-9(13)10(12)14-8(5)15-11/h6-7H,1-5H3. The van der Waals surface area contributed by atoms with Crippen molar-refractivity contribution in [3.8, 4) is 0 Å². The third-order valence-corrected chi connectivity index (χ3v) is 2.51. The van der Waals surface area contributed by atoms with Gasteiger partial charge in [0.15, 0.2) is 11.0 Å². The van der Waals surface area contributed by atoms with E-state index in [1.54, 1.807) is 6.92 Å². The quantitative estimate of drug-likeness (QED) is 0.766. The number of anilines is 1. The first kappa shape index (κ1) is 13.2. The van der Waals surface area contributed by atoms with E-state index in [0.29, 0.717) is 5.82 Å². The van der Waals surface area contributed by atoms with Crippen LogP contribution in [0.25, 0.3) is 0 Å². The lowest BCUT2D eigenvalue weighted by atomic mass is 10.2. The minimum Gasteiger partial charge on any atom is -0.349 e. The first-order valence-corrected chi connectivity index (χ1v) is 5.70. The highest BCUT2D eigenvalue weighted by Crippen LogP contribution is 2.25. The van der Waals surface area contributed by atoms with Crippen LogP contribution >= 0.6 is 11.6 Å². The molecule has 3 nitrogen and oxygen atoms in total. The average molecular weight is 246 g/mol. The molecule has 0 fully saturated rings. The highest BCUT2D eigenvalue weighted by atomic mass is 35.5. The summed E-state index contributed by atoms with van der Waals surface area (Å²) in [5.41, 5.74) is 0. The van der Waals surface area contributed by atoms with Crippen molar-refractivity contribution < 1.29 is 4.39 Å². The number of aromatic nitrogens is 2. The van der Waals surface area contributed by atoms with E-state index in [4.69, 9.17) is 11.6 Å². The first-order valence-electron chi connectivity index (χ1n) is 5.32. The van der Waals surface area contributed by atoms with Gasteiger partial charge in [-0.05, 0) is 34.6 Å². The summed E-state index contributed by atoms with van der Waals surface area (Å²) in [4.78, 5) is 9.80. The second-order valence-electron chi connectivity index (χ2n) is 4.29. The van der Waals surface area contributed by atoms with Crippen molar-refractivity contribution in [1.29, 1.82) is 0 Å². The van der Waals surface area contributed by atoms with Gasteiger partial charge in [0, 0.05) is 12.1 Å². The maximum Gasteiger partial charge on any atom is 0.202 e. The largest absolute Gasteiger partial charge is 0.349 e. The number of hydrogen-bond donors (Lipinski definition) is 0. The lowest BCUT2D eigenvalue weighted by molar-refractivity contribution is 0.551. The van der Waals surface area contributed by atoms with Gasteiger partial charge in [-0.25, -0.2) is 9.97 Å². The molecule has 0 aromatic carbocycles. The molecular weight excluding hydrogens is 229 g/mol. The van der Waals surface area contributed by atoms with Crippen molar-refractivity contribution in [2.75, 3.05) is 4.90 Å². The van der Waals surface area contributed by atoms with Crippen LogP contribution in [0.2, 0.25) is 5.15 Å². The fourth-order valence-electron chi connectivity index (χ4n) is 1.77. The molecule has 0 radical (unpaired) electrons. The summed E-state index contributed by atoms with van der Waals surface area (Å²) in [5.74, 6) is 0.213. The predicted molar refractivity (Wildman–Crippen MR) is 64.5 cm³/mol. The monoisotopic (exact) mass is 245 g/mol. The second-order valence-corrected chi connectivity index (χ2v) is 4.65. The van der Waals surface area contributed by atoms with Gasteiger partial charge in [-0.2, -0.15) is 4.39 Å². The fourth-order valence-corrected chi connectivity index (χ4v) is 1.97. The van der Waals surface area contributed by atoms with Crippen molar-refractivity contribution >= 4 is 17.4 Å². The fraction of sp³-hybridized carbons (Fsp3) is 0.636. The smallest absolute Gasteiger partial charge is 0.202 e.